The molecule has 1 aromatic rings. The van der Waals surface area contributed by atoms with Gasteiger partial charge >= 0.3 is 12.1 Å². The van der Waals surface area contributed by atoms with Gasteiger partial charge in [0.2, 0.25) is 0 Å². The molecule has 0 bridgehead atoms. The largest absolute Gasteiger partial charge is 0.480 e. The molecule has 7 nitrogen and oxygen atoms in total. The predicted octanol–water partition coefficient (Wildman–Crippen LogP) is 0.426. The summed E-state index contributed by atoms with van der Waals surface area (Å²) in [5.74, 6) is -0.959. The lowest BCUT2D eigenvalue weighted by Crippen LogP contribution is -2.32. The van der Waals surface area contributed by atoms with Gasteiger partial charge < -0.3 is 27.8 Å². The number of carboxylic acids is 1. The number of rotatable bonds is 3. The molecule has 17 heavy (non-hydrogen) atoms. The lowest BCUT2D eigenvalue weighted by atomic mass is 10.1. The first-order valence-electron chi connectivity index (χ1n) is 4.44. The van der Waals surface area contributed by atoms with E-state index in [2.05, 4.69) is 5.73 Å². The monoisotopic (exact) mass is 243 g/mol. The van der Waals surface area contributed by atoms with E-state index in [1.165, 1.54) is 0 Å². The van der Waals surface area contributed by atoms with Crippen molar-refractivity contribution in [2.75, 3.05) is 0 Å². The van der Waals surface area contributed by atoms with Crippen LogP contribution in [0.5, 0.6) is 0 Å². The topological polar surface area (TPSA) is 162 Å². The number of aliphatic carboxylic acids is 1. The molecule has 9 N–H and O–H groups in total. The number of primary amides is 1. The fraction of sp³-hybridized carbons (Fsp3) is 0.200. The van der Waals surface area contributed by atoms with Gasteiger partial charge in [0, 0.05) is 0 Å². The average molecular weight is 243 g/mol. The zero-order valence-corrected chi connectivity index (χ0v) is 9.24. The Morgan fingerprint density at radius 3 is 1.94 bits per heavy atom. The van der Waals surface area contributed by atoms with Gasteiger partial charge in [-0.15, -0.1) is 0 Å². The molecule has 0 aliphatic carbocycles. The van der Waals surface area contributed by atoms with Crippen molar-refractivity contribution in [2.45, 2.75) is 12.5 Å². The summed E-state index contributed by atoms with van der Waals surface area (Å²) in [4.78, 5) is 19.2. The highest BCUT2D eigenvalue weighted by Gasteiger charge is 2.10. The van der Waals surface area contributed by atoms with Gasteiger partial charge in [-0.25, -0.2) is 4.79 Å². The number of hydrogen-bond donors (Lipinski definition) is 5. The molecule has 0 fully saturated rings. The molecule has 7 heteroatoms. The van der Waals surface area contributed by atoms with Crippen molar-refractivity contribution >= 4 is 12.1 Å². The molecule has 0 saturated carbocycles. The number of hydrogen-bond acceptors (Lipinski definition) is 4. The highest BCUT2D eigenvalue weighted by Crippen LogP contribution is 2.01. The Kier molecular flexibility index (Phi) is 9.28. The van der Waals surface area contributed by atoms with E-state index in [-0.39, 0.29) is 6.15 Å². The second kappa shape index (κ2) is 9.13. The molecule has 0 heterocycles. The van der Waals surface area contributed by atoms with Crippen LogP contribution in [0, 0.1) is 0 Å². The summed E-state index contributed by atoms with van der Waals surface area (Å²) in [6.45, 7) is 0. The Morgan fingerprint density at radius 1 is 1.18 bits per heavy atom. The van der Waals surface area contributed by atoms with Crippen molar-refractivity contribution in [1.29, 1.82) is 0 Å². The Morgan fingerprint density at radius 2 is 1.59 bits per heavy atom. The minimum Gasteiger partial charge on any atom is -0.480 e. The SMILES string of the molecule is N.NC(=O)O.NC(Cc1ccccc1)C(=O)O. The zero-order valence-electron chi connectivity index (χ0n) is 9.24. The third kappa shape index (κ3) is 10.2. The molecular weight excluding hydrogens is 226 g/mol. The fourth-order valence-corrected chi connectivity index (χ4v) is 0.955. The molecule has 0 radical (unpaired) electrons. The number of benzene rings is 1. The number of amides is 1. The fourth-order valence-electron chi connectivity index (χ4n) is 0.955. The van der Waals surface area contributed by atoms with E-state index < -0.39 is 18.1 Å². The van der Waals surface area contributed by atoms with Crippen molar-refractivity contribution in [2.24, 2.45) is 11.5 Å². The first kappa shape index (κ1) is 17.3. The molecular formula is C10H17N3O4. The highest BCUT2D eigenvalue weighted by molar-refractivity contribution is 5.73. The maximum atomic E-state index is 10.4. The standard InChI is InChI=1S/C9H11NO2.CH3NO2.H3N/c10-8(9(11)12)6-7-4-2-1-3-5-7;2-1(3)4;/h1-5,8H,6,10H2,(H,11,12);2H2,(H,3,4);1H3. The Hall–Kier alpha value is -2.12. The van der Waals surface area contributed by atoms with Crippen LogP contribution in [0.4, 0.5) is 4.79 Å². The molecule has 0 spiro atoms. The quantitative estimate of drug-likeness (QED) is 0.516. The Balaban J connectivity index is 0. The smallest absolute Gasteiger partial charge is 0.402 e. The van der Waals surface area contributed by atoms with Gasteiger partial charge in [-0.2, -0.15) is 0 Å². The molecule has 1 atom stereocenters. The van der Waals surface area contributed by atoms with E-state index in [1.54, 1.807) is 0 Å². The van der Waals surface area contributed by atoms with Gasteiger partial charge in [-0.3, -0.25) is 4.79 Å². The zero-order chi connectivity index (χ0) is 12.6. The summed E-state index contributed by atoms with van der Waals surface area (Å²) < 4.78 is 0. The maximum absolute atomic E-state index is 10.4. The lowest BCUT2D eigenvalue weighted by Gasteiger charge is -2.04. The van der Waals surface area contributed by atoms with E-state index in [0.717, 1.165) is 5.56 Å². The average Bonchev–Trinajstić information content (AvgIpc) is 2.18. The molecule has 0 aromatic heterocycles. The van der Waals surface area contributed by atoms with Gasteiger partial charge in [0.15, 0.2) is 0 Å². The molecule has 0 aliphatic heterocycles. The van der Waals surface area contributed by atoms with Gasteiger partial charge in [0.1, 0.15) is 6.04 Å². The molecule has 1 unspecified atom stereocenters. The van der Waals surface area contributed by atoms with E-state index in [9.17, 15) is 4.79 Å². The third-order valence-electron chi connectivity index (χ3n) is 1.62. The first-order chi connectivity index (χ1) is 7.43. The summed E-state index contributed by atoms with van der Waals surface area (Å²) >= 11 is 0. The number of carboxylic acid groups (broad SMARTS) is 2. The van der Waals surface area contributed by atoms with E-state index in [1.807, 2.05) is 30.3 Å². The first-order valence-corrected chi connectivity index (χ1v) is 4.44. The highest BCUT2D eigenvalue weighted by atomic mass is 16.4. The predicted molar refractivity (Wildman–Crippen MR) is 63.0 cm³/mol. The van der Waals surface area contributed by atoms with Crippen molar-refractivity contribution in [1.82, 2.24) is 6.15 Å². The van der Waals surface area contributed by atoms with Crippen molar-refractivity contribution in [3.8, 4) is 0 Å². The molecule has 96 valence electrons. The van der Waals surface area contributed by atoms with Crippen LogP contribution in [-0.2, 0) is 11.2 Å². The normalized spacial score (nSPS) is 10.2. The van der Waals surface area contributed by atoms with Gasteiger partial charge in [0.25, 0.3) is 0 Å². The van der Waals surface area contributed by atoms with E-state index >= 15 is 0 Å². The van der Waals surface area contributed by atoms with Crippen LogP contribution in [0.1, 0.15) is 5.56 Å². The van der Waals surface area contributed by atoms with Crippen LogP contribution in [-0.4, -0.2) is 28.3 Å². The second-order valence-corrected chi connectivity index (χ2v) is 2.97. The van der Waals surface area contributed by atoms with Gasteiger partial charge in [-0.1, -0.05) is 30.3 Å². The van der Waals surface area contributed by atoms with Crippen molar-refractivity contribution in [3.63, 3.8) is 0 Å². The van der Waals surface area contributed by atoms with Crippen LogP contribution in [0.2, 0.25) is 0 Å². The van der Waals surface area contributed by atoms with Crippen LogP contribution in [0.25, 0.3) is 0 Å². The van der Waals surface area contributed by atoms with Crippen LogP contribution >= 0.6 is 0 Å². The summed E-state index contributed by atoms with van der Waals surface area (Å²) in [6, 6.07) is 8.54. The van der Waals surface area contributed by atoms with Gasteiger partial charge in [-0.05, 0) is 12.0 Å². The second-order valence-electron chi connectivity index (χ2n) is 2.97. The molecule has 1 aromatic carbocycles. The molecule has 0 saturated heterocycles. The minimum atomic E-state index is -1.33. The molecule has 0 aliphatic rings. The Bertz CT molecular complexity index is 339. The molecule has 1 rings (SSSR count). The van der Waals surface area contributed by atoms with E-state index in [0.29, 0.717) is 6.42 Å². The number of carbonyl (C=O) groups is 2. The van der Waals surface area contributed by atoms with Crippen LogP contribution in [0.3, 0.4) is 0 Å². The van der Waals surface area contributed by atoms with Crippen LogP contribution in [0.15, 0.2) is 30.3 Å². The van der Waals surface area contributed by atoms with Gasteiger partial charge in [0.05, 0.1) is 0 Å². The van der Waals surface area contributed by atoms with E-state index in [4.69, 9.17) is 20.7 Å². The molecule has 1 amide bonds. The Labute approximate surface area is 98.6 Å². The third-order valence-corrected chi connectivity index (χ3v) is 1.62. The lowest BCUT2D eigenvalue weighted by molar-refractivity contribution is -0.138. The van der Waals surface area contributed by atoms with Crippen LogP contribution < -0.4 is 17.6 Å². The summed E-state index contributed by atoms with van der Waals surface area (Å²) in [5, 5.41) is 15.7. The minimum absolute atomic E-state index is 0. The number of nitrogens with two attached hydrogens (primary N) is 2. The summed E-state index contributed by atoms with van der Waals surface area (Å²) in [7, 11) is 0. The van der Waals surface area contributed by atoms with Crippen molar-refractivity contribution in [3.05, 3.63) is 35.9 Å². The van der Waals surface area contributed by atoms with Crippen molar-refractivity contribution < 1.29 is 19.8 Å². The maximum Gasteiger partial charge on any atom is 0.402 e. The summed E-state index contributed by atoms with van der Waals surface area (Å²) in [5.41, 5.74) is 10.3. The summed E-state index contributed by atoms with van der Waals surface area (Å²) in [6.07, 6.45) is -0.948.